The van der Waals surface area contributed by atoms with Crippen molar-refractivity contribution in [3.05, 3.63) is 0 Å². The van der Waals surface area contributed by atoms with Gasteiger partial charge in [0.1, 0.15) is 0 Å². The molecule has 0 saturated carbocycles. The number of hydrogen-bond acceptors (Lipinski definition) is 3. The second-order valence-electron chi connectivity index (χ2n) is 2.99. The monoisotopic (exact) mass is 184 g/mol. The molecule has 0 spiro atoms. The van der Waals surface area contributed by atoms with Crippen LogP contribution in [0.25, 0.3) is 0 Å². The van der Waals surface area contributed by atoms with Crippen molar-refractivity contribution < 1.29 is 13.2 Å². The van der Waals surface area contributed by atoms with Crippen molar-refractivity contribution in [2.24, 2.45) is 5.41 Å². The predicted octanol–water partition coefficient (Wildman–Crippen LogP) is 0.592. The molecule has 0 atom stereocenters. The first-order valence-corrected chi connectivity index (χ1v) is 5.39. The molecule has 1 rings (SSSR count). The Balaban J connectivity index is 2.53. The average molecular weight is 185 g/mol. The van der Waals surface area contributed by atoms with Crippen LogP contribution in [0.15, 0.2) is 0 Å². The van der Waals surface area contributed by atoms with Crippen LogP contribution in [0.4, 0.5) is 0 Å². The van der Waals surface area contributed by atoms with E-state index in [1.54, 1.807) is 0 Å². The van der Waals surface area contributed by atoms with Gasteiger partial charge in [0.25, 0.3) is 0 Å². The normalized spacial score (nSPS) is 23.8. The summed E-state index contributed by atoms with van der Waals surface area (Å²) in [5.41, 5.74) is -0.236. The van der Waals surface area contributed by atoms with E-state index in [0.717, 1.165) is 0 Å². The Hall–Kier alpha value is 0.200. The maximum absolute atomic E-state index is 10.5. The number of hydrogen-bond donors (Lipinski definition) is 0. The molecule has 0 amide bonds. The van der Waals surface area contributed by atoms with E-state index in [2.05, 4.69) is 0 Å². The third-order valence-corrected chi connectivity index (χ3v) is 2.79. The Kier molecular flexibility index (Phi) is 1.96. The lowest BCUT2D eigenvalue weighted by Gasteiger charge is -2.36. The van der Waals surface area contributed by atoms with Crippen molar-refractivity contribution in [3.63, 3.8) is 0 Å². The van der Waals surface area contributed by atoms with Gasteiger partial charge in [-0.2, -0.15) is 0 Å². The van der Waals surface area contributed by atoms with E-state index < -0.39 is 9.05 Å². The van der Waals surface area contributed by atoms with Gasteiger partial charge in [0.15, 0.2) is 0 Å². The zero-order chi connectivity index (χ0) is 7.83. The number of halogens is 1. The van der Waals surface area contributed by atoms with E-state index in [1.807, 2.05) is 6.92 Å². The van der Waals surface area contributed by atoms with Crippen molar-refractivity contribution in [2.45, 2.75) is 6.92 Å². The molecule has 5 heteroatoms. The summed E-state index contributed by atoms with van der Waals surface area (Å²) in [7, 11) is 1.70. The minimum absolute atomic E-state index is 0.0154. The minimum atomic E-state index is -3.35. The van der Waals surface area contributed by atoms with Gasteiger partial charge >= 0.3 is 0 Å². The van der Waals surface area contributed by atoms with Crippen molar-refractivity contribution in [1.29, 1.82) is 0 Å². The van der Waals surface area contributed by atoms with Crippen LogP contribution in [0.5, 0.6) is 0 Å². The van der Waals surface area contributed by atoms with E-state index in [0.29, 0.717) is 13.2 Å². The predicted molar refractivity (Wildman–Crippen MR) is 38.6 cm³/mol. The molecule has 1 saturated heterocycles. The summed E-state index contributed by atoms with van der Waals surface area (Å²) in [4.78, 5) is 0. The summed E-state index contributed by atoms with van der Waals surface area (Å²) in [6.45, 7) is 2.84. The fourth-order valence-electron chi connectivity index (χ4n) is 0.950. The van der Waals surface area contributed by atoms with Gasteiger partial charge < -0.3 is 4.74 Å². The van der Waals surface area contributed by atoms with Crippen LogP contribution in [0.2, 0.25) is 0 Å². The highest BCUT2D eigenvalue weighted by Crippen LogP contribution is 2.29. The number of rotatable bonds is 2. The van der Waals surface area contributed by atoms with E-state index in [4.69, 9.17) is 15.4 Å². The fourth-order valence-corrected chi connectivity index (χ4v) is 2.74. The van der Waals surface area contributed by atoms with Gasteiger partial charge in [0.05, 0.1) is 19.0 Å². The first-order chi connectivity index (χ1) is 4.41. The van der Waals surface area contributed by atoms with E-state index in [1.165, 1.54) is 0 Å². The molecule has 0 aromatic rings. The molecule has 60 valence electrons. The molecule has 3 nitrogen and oxygen atoms in total. The van der Waals surface area contributed by atoms with Crippen LogP contribution in [-0.4, -0.2) is 27.4 Å². The van der Waals surface area contributed by atoms with E-state index in [9.17, 15) is 8.42 Å². The summed E-state index contributed by atoms with van der Waals surface area (Å²) < 4.78 is 26.0. The van der Waals surface area contributed by atoms with Crippen LogP contribution >= 0.6 is 10.7 Å². The molecule has 10 heavy (non-hydrogen) atoms. The van der Waals surface area contributed by atoms with Gasteiger partial charge in [-0.05, 0) is 0 Å². The lowest BCUT2D eigenvalue weighted by atomic mass is 9.92. The SMILES string of the molecule is CC1(CS(=O)(=O)Cl)COC1. The quantitative estimate of drug-likeness (QED) is 0.590. The Morgan fingerprint density at radius 2 is 2.10 bits per heavy atom. The standard InChI is InChI=1S/C5H9ClO3S/c1-5(2-9-3-5)4-10(6,7)8/h2-4H2,1H3. The Labute approximate surface area is 64.7 Å². The first kappa shape index (κ1) is 8.30. The van der Waals surface area contributed by atoms with Crippen molar-refractivity contribution in [3.8, 4) is 0 Å². The molecule has 0 aromatic heterocycles. The third kappa shape index (κ3) is 2.11. The smallest absolute Gasteiger partial charge is 0.233 e. The molecule has 0 aromatic carbocycles. The van der Waals surface area contributed by atoms with Gasteiger partial charge in [0.2, 0.25) is 9.05 Å². The summed E-state index contributed by atoms with van der Waals surface area (Å²) in [5.74, 6) is 0.0154. The molecule has 1 aliphatic rings. The summed E-state index contributed by atoms with van der Waals surface area (Å²) >= 11 is 0. The molecule has 0 bridgehead atoms. The molecule has 0 aliphatic carbocycles. The van der Waals surface area contributed by atoms with E-state index >= 15 is 0 Å². The van der Waals surface area contributed by atoms with Crippen LogP contribution in [0.3, 0.4) is 0 Å². The summed E-state index contributed by atoms with van der Waals surface area (Å²) in [5, 5.41) is 0. The molecular weight excluding hydrogens is 176 g/mol. The second-order valence-corrected chi connectivity index (χ2v) is 5.76. The van der Waals surface area contributed by atoms with Gasteiger partial charge in [-0.15, -0.1) is 0 Å². The van der Waals surface area contributed by atoms with Crippen molar-refractivity contribution in [1.82, 2.24) is 0 Å². The van der Waals surface area contributed by atoms with Crippen LogP contribution in [0, 0.1) is 5.41 Å². The Morgan fingerprint density at radius 1 is 1.60 bits per heavy atom. The zero-order valence-electron chi connectivity index (χ0n) is 5.63. The molecule has 0 radical (unpaired) electrons. The number of ether oxygens (including phenoxy) is 1. The van der Waals surface area contributed by atoms with Crippen molar-refractivity contribution in [2.75, 3.05) is 19.0 Å². The lowest BCUT2D eigenvalue weighted by molar-refractivity contribution is -0.0868. The largest absolute Gasteiger partial charge is 0.380 e. The molecule has 1 fully saturated rings. The zero-order valence-corrected chi connectivity index (χ0v) is 7.20. The van der Waals surface area contributed by atoms with Crippen LogP contribution in [-0.2, 0) is 13.8 Å². The van der Waals surface area contributed by atoms with Gasteiger partial charge in [0, 0.05) is 16.1 Å². The van der Waals surface area contributed by atoms with E-state index in [-0.39, 0.29) is 11.2 Å². The topological polar surface area (TPSA) is 43.4 Å². The maximum atomic E-state index is 10.5. The Bertz CT molecular complexity index is 217. The molecular formula is C5H9ClO3S. The van der Waals surface area contributed by atoms with Crippen molar-refractivity contribution >= 4 is 19.7 Å². The lowest BCUT2D eigenvalue weighted by Crippen LogP contribution is -2.44. The van der Waals surface area contributed by atoms with Gasteiger partial charge in [-0.1, -0.05) is 6.92 Å². The molecule has 1 heterocycles. The first-order valence-electron chi connectivity index (χ1n) is 2.91. The van der Waals surface area contributed by atoms with Crippen LogP contribution < -0.4 is 0 Å². The Morgan fingerprint density at radius 3 is 2.20 bits per heavy atom. The summed E-state index contributed by atoms with van der Waals surface area (Å²) in [6, 6.07) is 0. The summed E-state index contributed by atoms with van der Waals surface area (Å²) in [6.07, 6.45) is 0. The highest BCUT2D eigenvalue weighted by atomic mass is 35.7. The average Bonchev–Trinajstić information content (AvgIpc) is 1.57. The second kappa shape index (κ2) is 2.36. The van der Waals surface area contributed by atoms with Crippen LogP contribution in [0.1, 0.15) is 6.92 Å². The molecule has 0 N–H and O–H groups in total. The minimum Gasteiger partial charge on any atom is -0.380 e. The molecule has 0 unspecified atom stereocenters. The van der Waals surface area contributed by atoms with Gasteiger partial charge in [-0.25, -0.2) is 8.42 Å². The maximum Gasteiger partial charge on any atom is 0.233 e. The fraction of sp³-hybridized carbons (Fsp3) is 1.00. The third-order valence-electron chi connectivity index (χ3n) is 1.42. The highest BCUT2D eigenvalue weighted by Gasteiger charge is 2.37. The van der Waals surface area contributed by atoms with Gasteiger partial charge in [-0.3, -0.25) is 0 Å². The molecule has 1 aliphatic heterocycles. The highest BCUT2D eigenvalue weighted by molar-refractivity contribution is 8.13.